The Labute approximate surface area is 173 Å². The molecule has 1 heterocycles. The second-order valence-electron chi connectivity index (χ2n) is 7.14. The number of benzene rings is 2. The van der Waals surface area contributed by atoms with Crippen molar-refractivity contribution in [3.63, 3.8) is 0 Å². The Hall–Kier alpha value is -2.67. The third-order valence-corrected chi connectivity index (χ3v) is 5.51. The van der Waals surface area contributed by atoms with Gasteiger partial charge in [0.05, 0.1) is 0 Å². The highest BCUT2D eigenvalue weighted by molar-refractivity contribution is 6.30. The molecule has 154 valence electrons. The zero-order valence-corrected chi connectivity index (χ0v) is 16.7. The van der Waals surface area contributed by atoms with E-state index < -0.39 is 29.1 Å². The maximum absolute atomic E-state index is 13.7. The molecule has 3 amide bonds. The van der Waals surface area contributed by atoms with Gasteiger partial charge < -0.3 is 15.5 Å². The Bertz CT molecular complexity index is 864. The van der Waals surface area contributed by atoms with Crippen LogP contribution in [0.25, 0.3) is 0 Å². The van der Waals surface area contributed by atoms with Gasteiger partial charge in [-0.25, -0.2) is 13.6 Å². The number of para-hydroxylation sites is 1. The molecule has 0 saturated carbocycles. The zero-order chi connectivity index (χ0) is 21.0. The van der Waals surface area contributed by atoms with E-state index in [-0.39, 0.29) is 11.9 Å². The predicted molar refractivity (Wildman–Crippen MR) is 109 cm³/mol. The number of halogens is 3. The first-order valence-electron chi connectivity index (χ1n) is 9.41. The average Bonchev–Trinajstić information content (AvgIpc) is 2.72. The van der Waals surface area contributed by atoms with Crippen molar-refractivity contribution in [1.82, 2.24) is 4.90 Å². The zero-order valence-electron chi connectivity index (χ0n) is 15.9. The topological polar surface area (TPSA) is 61.4 Å². The summed E-state index contributed by atoms with van der Waals surface area (Å²) >= 11 is 5.84. The molecular weight excluding hydrogens is 400 g/mol. The Kier molecular flexibility index (Phi) is 6.69. The van der Waals surface area contributed by atoms with Crippen molar-refractivity contribution in [2.24, 2.45) is 11.8 Å². The molecule has 0 unspecified atom stereocenters. The van der Waals surface area contributed by atoms with Crippen LogP contribution in [0.3, 0.4) is 0 Å². The first-order valence-corrected chi connectivity index (χ1v) is 9.79. The van der Waals surface area contributed by atoms with Crippen LogP contribution in [0.5, 0.6) is 0 Å². The summed E-state index contributed by atoms with van der Waals surface area (Å²) in [6.45, 7) is 2.73. The minimum Gasteiger partial charge on any atom is -0.325 e. The molecule has 8 heteroatoms. The molecule has 0 aliphatic carbocycles. The van der Waals surface area contributed by atoms with E-state index in [1.807, 2.05) is 0 Å². The number of nitrogens with one attached hydrogen (secondary N) is 2. The summed E-state index contributed by atoms with van der Waals surface area (Å²) in [4.78, 5) is 26.5. The Morgan fingerprint density at radius 2 is 1.62 bits per heavy atom. The van der Waals surface area contributed by atoms with Crippen molar-refractivity contribution < 1.29 is 18.4 Å². The van der Waals surface area contributed by atoms with Gasteiger partial charge in [0.2, 0.25) is 5.91 Å². The van der Waals surface area contributed by atoms with Crippen molar-refractivity contribution in [2.45, 2.75) is 19.8 Å². The summed E-state index contributed by atoms with van der Waals surface area (Å²) < 4.78 is 27.5. The van der Waals surface area contributed by atoms with Gasteiger partial charge in [0.1, 0.15) is 17.3 Å². The number of piperidine rings is 1. The van der Waals surface area contributed by atoms with Crippen LogP contribution in [0.2, 0.25) is 5.02 Å². The predicted octanol–water partition coefficient (Wildman–Crippen LogP) is 5.14. The molecular formula is C21H22ClF2N3O2. The second kappa shape index (κ2) is 9.22. The average molecular weight is 422 g/mol. The monoisotopic (exact) mass is 421 g/mol. The molecule has 1 saturated heterocycles. The third-order valence-electron chi connectivity index (χ3n) is 5.25. The maximum Gasteiger partial charge on any atom is 0.321 e. The Morgan fingerprint density at radius 3 is 2.21 bits per heavy atom. The van der Waals surface area contributed by atoms with Gasteiger partial charge in [-0.05, 0) is 55.2 Å². The summed E-state index contributed by atoms with van der Waals surface area (Å²) in [5, 5.41) is 5.76. The quantitative estimate of drug-likeness (QED) is 0.718. The van der Waals surface area contributed by atoms with Crippen LogP contribution >= 0.6 is 11.6 Å². The summed E-state index contributed by atoms with van der Waals surface area (Å²) in [7, 11) is 0. The van der Waals surface area contributed by atoms with Gasteiger partial charge in [-0.3, -0.25) is 4.79 Å². The SMILES string of the molecule is C[C@@H](C(=O)Nc1c(F)cccc1F)C1CCN(C(=O)Nc2ccc(Cl)cc2)CC1. The number of carbonyl (C=O) groups is 2. The van der Waals surface area contributed by atoms with Crippen LogP contribution < -0.4 is 10.6 Å². The maximum atomic E-state index is 13.7. The van der Waals surface area contributed by atoms with E-state index in [9.17, 15) is 18.4 Å². The molecule has 0 spiro atoms. The summed E-state index contributed by atoms with van der Waals surface area (Å²) in [6, 6.07) is 10.1. The second-order valence-corrected chi connectivity index (χ2v) is 7.57. The fourth-order valence-electron chi connectivity index (χ4n) is 3.41. The lowest BCUT2D eigenvalue weighted by molar-refractivity contribution is -0.121. The summed E-state index contributed by atoms with van der Waals surface area (Å²) in [6.07, 6.45) is 1.25. The van der Waals surface area contributed by atoms with Crippen molar-refractivity contribution in [3.05, 3.63) is 59.1 Å². The molecule has 1 fully saturated rings. The molecule has 1 atom stereocenters. The Balaban J connectivity index is 1.52. The fourth-order valence-corrected chi connectivity index (χ4v) is 3.53. The number of urea groups is 1. The van der Waals surface area contributed by atoms with Crippen LogP contribution in [0.4, 0.5) is 25.0 Å². The molecule has 3 rings (SSSR count). The number of amides is 3. The van der Waals surface area contributed by atoms with Crippen molar-refractivity contribution in [3.8, 4) is 0 Å². The van der Waals surface area contributed by atoms with Gasteiger partial charge in [-0.15, -0.1) is 0 Å². The number of likely N-dealkylation sites (tertiary alicyclic amines) is 1. The van der Waals surface area contributed by atoms with Gasteiger partial charge in [0, 0.05) is 29.7 Å². The molecule has 2 N–H and O–H groups in total. The third kappa shape index (κ3) is 5.23. The molecule has 1 aliphatic rings. The number of hydrogen-bond acceptors (Lipinski definition) is 2. The number of nitrogens with zero attached hydrogens (tertiary/aromatic N) is 1. The molecule has 0 radical (unpaired) electrons. The number of hydrogen-bond donors (Lipinski definition) is 2. The molecule has 0 aromatic heterocycles. The minimum atomic E-state index is -0.806. The summed E-state index contributed by atoms with van der Waals surface area (Å²) in [5.41, 5.74) is 0.227. The van der Waals surface area contributed by atoms with Crippen LogP contribution in [0.1, 0.15) is 19.8 Å². The van der Waals surface area contributed by atoms with Gasteiger partial charge in [-0.1, -0.05) is 24.6 Å². The molecule has 2 aromatic rings. The smallest absolute Gasteiger partial charge is 0.321 e. The first kappa shape index (κ1) is 21.0. The highest BCUT2D eigenvalue weighted by Gasteiger charge is 2.30. The molecule has 5 nitrogen and oxygen atoms in total. The highest BCUT2D eigenvalue weighted by atomic mass is 35.5. The Morgan fingerprint density at radius 1 is 1.03 bits per heavy atom. The lowest BCUT2D eigenvalue weighted by Crippen LogP contribution is -2.43. The fraction of sp³-hybridized carbons (Fsp3) is 0.333. The number of carbonyl (C=O) groups excluding carboxylic acids is 2. The summed E-state index contributed by atoms with van der Waals surface area (Å²) in [5.74, 6) is -2.46. The van der Waals surface area contributed by atoms with Crippen molar-refractivity contribution in [1.29, 1.82) is 0 Å². The molecule has 29 heavy (non-hydrogen) atoms. The molecule has 2 aromatic carbocycles. The molecule has 1 aliphatic heterocycles. The van der Waals surface area contributed by atoms with Crippen molar-refractivity contribution >= 4 is 34.9 Å². The standard InChI is InChI=1S/C21H22ClF2N3O2/c1-13(20(28)26-19-17(23)3-2-4-18(19)24)14-9-11-27(12-10-14)21(29)25-16-7-5-15(22)6-8-16/h2-8,13-14H,9-12H2,1H3,(H,25,29)(H,26,28)/t13-/m1/s1. The normalized spacial score (nSPS) is 15.7. The van der Waals surface area contributed by atoms with Gasteiger partial charge >= 0.3 is 6.03 Å². The van der Waals surface area contributed by atoms with E-state index in [4.69, 9.17) is 11.6 Å². The highest BCUT2D eigenvalue weighted by Crippen LogP contribution is 2.27. The van der Waals surface area contributed by atoms with E-state index >= 15 is 0 Å². The largest absolute Gasteiger partial charge is 0.325 e. The van der Waals surface area contributed by atoms with Crippen molar-refractivity contribution in [2.75, 3.05) is 23.7 Å². The lowest BCUT2D eigenvalue weighted by atomic mass is 9.85. The van der Waals surface area contributed by atoms with Gasteiger partial charge in [0.15, 0.2) is 0 Å². The number of anilines is 2. The number of rotatable bonds is 4. The molecule has 0 bridgehead atoms. The van der Waals surface area contributed by atoms with Gasteiger partial charge in [-0.2, -0.15) is 0 Å². The van der Waals surface area contributed by atoms with Crippen LogP contribution in [0.15, 0.2) is 42.5 Å². The van der Waals surface area contributed by atoms with E-state index in [0.717, 1.165) is 12.1 Å². The van der Waals surface area contributed by atoms with Crippen LogP contribution in [-0.2, 0) is 4.79 Å². The van der Waals surface area contributed by atoms with Crippen LogP contribution in [-0.4, -0.2) is 29.9 Å². The van der Waals surface area contributed by atoms with E-state index in [1.54, 1.807) is 36.1 Å². The van der Waals surface area contributed by atoms with E-state index in [2.05, 4.69) is 10.6 Å². The lowest BCUT2D eigenvalue weighted by Gasteiger charge is -2.34. The van der Waals surface area contributed by atoms with E-state index in [0.29, 0.717) is 36.6 Å². The minimum absolute atomic E-state index is 0.0180. The van der Waals surface area contributed by atoms with Gasteiger partial charge in [0.25, 0.3) is 0 Å². The van der Waals surface area contributed by atoms with E-state index in [1.165, 1.54) is 6.07 Å². The first-order chi connectivity index (χ1) is 13.8. The van der Waals surface area contributed by atoms with Crippen LogP contribution in [0, 0.1) is 23.5 Å².